The Balaban J connectivity index is 2.04. The zero-order chi connectivity index (χ0) is 13.6. The predicted octanol–water partition coefficient (Wildman–Crippen LogP) is 4.62. The first-order valence-electron chi connectivity index (χ1n) is 6.59. The van der Waals surface area contributed by atoms with Crippen LogP contribution >= 0.6 is 11.6 Å². The topological polar surface area (TPSA) is 39.2 Å². The van der Waals surface area contributed by atoms with Crippen LogP contribution in [-0.4, -0.2) is 6.04 Å². The summed E-state index contributed by atoms with van der Waals surface area (Å²) in [5, 5.41) is 1.77. The lowest BCUT2D eigenvalue weighted by Gasteiger charge is -2.32. The summed E-state index contributed by atoms with van der Waals surface area (Å²) in [4.78, 5) is 0. The first-order valence-corrected chi connectivity index (χ1v) is 6.96. The second kappa shape index (κ2) is 4.39. The van der Waals surface area contributed by atoms with Crippen molar-refractivity contribution in [1.29, 1.82) is 0 Å². The number of nitrogens with two attached hydrogens (primary N) is 1. The van der Waals surface area contributed by atoms with Gasteiger partial charge in [-0.1, -0.05) is 31.5 Å². The van der Waals surface area contributed by atoms with Crippen LogP contribution in [-0.2, 0) is 0 Å². The summed E-state index contributed by atoms with van der Waals surface area (Å²) >= 11 is 6.01. The minimum Gasteiger partial charge on any atom is -0.456 e. The Morgan fingerprint density at radius 1 is 1.32 bits per heavy atom. The van der Waals surface area contributed by atoms with Crippen molar-refractivity contribution < 1.29 is 4.42 Å². The zero-order valence-electron chi connectivity index (χ0n) is 11.2. The molecule has 1 atom stereocenters. The van der Waals surface area contributed by atoms with Gasteiger partial charge in [0.1, 0.15) is 11.3 Å². The van der Waals surface area contributed by atoms with Gasteiger partial charge >= 0.3 is 0 Å². The Labute approximate surface area is 118 Å². The van der Waals surface area contributed by atoms with Crippen molar-refractivity contribution in [3.8, 4) is 0 Å². The van der Waals surface area contributed by atoms with Crippen LogP contribution in [0.5, 0.6) is 0 Å². The smallest absolute Gasteiger partial charge is 0.134 e. The maximum Gasteiger partial charge on any atom is 0.134 e. The second-order valence-corrected chi connectivity index (χ2v) is 6.63. The molecule has 19 heavy (non-hydrogen) atoms. The van der Waals surface area contributed by atoms with Gasteiger partial charge in [-0.2, -0.15) is 0 Å². The minimum atomic E-state index is 0.107. The lowest BCUT2D eigenvalue weighted by atomic mass is 9.75. The van der Waals surface area contributed by atoms with Crippen LogP contribution in [0, 0.1) is 5.41 Å². The van der Waals surface area contributed by atoms with Crippen LogP contribution in [0.3, 0.4) is 0 Å². The largest absolute Gasteiger partial charge is 0.456 e. The molecule has 0 spiro atoms. The molecule has 2 nitrogen and oxygen atoms in total. The van der Waals surface area contributed by atoms with Crippen LogP contribution < -0.4 is 5.73 Å². The number of fused-ring (bicyclic) bond motifs is 1. The van der Waals surface area contributed by atoms with E-state index in [0.29, 0.717) is 0 Å². The summed E-state index contributed by atoms with van der Waals surface area (Å²) in [6.45, 7) is 4.50. The van der Waals surface area contributed by atoms with Gasteiger partial charge in [0, 0.05) is 16.5 Å². The molecule has 0 fully saturated rings. The molecule has 0 amide bonds. The third-order valence-electron chi connectivity index (χ3n) is 3.67. The number of hydrogen-bond acceptors (Lipinski definition) is 2. The third-order valence-corrected chi connectivity index (χ3v) is 3.90. The SMILES string of the molecule is CC1(C)CC(c2cc3cc(Cl)ccc3o2)=CC(N)C1. The average Bonchev–Trinajstić information content (AvgIpc) is 2.69. The van der Waals surface area contributed by atoms with E-state index < -0.39 is 0 Å². The summed E-state index contributed by atoms with van der Waals surface area (Å²) in [6.07, 6.45) is 4.14. The second-order valence-electron chi connectivity index (χ2n) is 6.19. The Bertz CT molecular complexity index is 654. The molecular formula is C16H18ClNO. The molecule has 1 aliphatic carbocycles. The van der Waals surface area contributed by atoms with Gasteiger partial charge in [-0.25, -0.2) is 0 Å². The predicted molar refractivity (Wildman–Crippen MR) is 80.2 cm³/mol. The lowest BCUT2D eigenvalue weighted by Crippen LogP contribution is -2.30. The van der Waals surface area contributed by atoms with Crippen LogP contribution in [0.15, 0.2) is 34.8 Å². The van der Waals surface area contributed by atoms with E-state index in [0.717, 1.165) is 34.6 Å². The van der Waals surface area contributed by atoms with Gasteiger partial charge in [0.25, 0.3) is 0 Å². The van der Waals surface area contributed by atoms with Crippen molar-refractivity contribution in [2.24, 2.45) is 11.1 Å². The fraction of sp³-hybridized carbons (Fsp3) is 0.375. The van der Waals surface area contributed by atoms with E-state index in [4.69, 9.17) is 21.8 Å². The molecule has 3 heteroatoms. The summed E-state index contributed by atoms with van der Waals surface area (Å²) < 4.78 is 5.92. The lowest BCUT2D eigenvalue weighted by molar-refractivity contribution is 0.316. The van der Waals surface area contributed by atoms with Gasteiger partial charge in [-0.15, -0.1) is 0 Å². The molecule has 0 saturated heterocycles. The normalized spacial score (nSPS) is 22.5. The molecule has 1 aromatic heterocycles. The number of hydrogen-bond donors (Lipinski definition) is 1. The summed E-state index contributed by atoms with van der Waals surface area (Å²) in [6, 6.07) is 7.85. The molecule has 1 aliphatic rings. The Morgan fingerprint density at radius 3 is 2.84 bits per heavy atom. The fourth-order valence-corrected chi connectivity index (χ4v) is 3.12. The standard InChI is InChI=1S/C16H18ClNO/c1-16(2)8-11(6-13(18)9-16)15-7-10-5-12(17)3-4-14(10)19-15/h3-7,13H,8-9,18H2,1-2H3. The first-order chi connectivity index (χ1) is 8.93. The first kappa shape index (κ1) is 12.8. The number of furan rings is 1. The van der Waals surface area contributed by atoms with E-state index in [2.05, 4.69) is 26.0 Å². The molecule has 2 aromatic rings. The fourth-order valence-electron chi connectivity index (χ4n) is 2.94. The third kappa shape index (κ3) is 2.56. The van der Waals surface area contributed by atoms with Gasteiger partial charge < -0.3 is 10.2 Å². The van der Waals surface area contributed by atoms with E-state index in [1.807, 2.05) is 18.2 Å². The number of benzene rings is 1. The van der Waals surface area contributed by atoms with Gasteiger partial charge in [0.15, 0.2) is 0 Å². The molecule has 1 aromatic carbocycles. The summed E-state index contributed by atoms with van der Waals surface area (Å²) in [5.74, 6) is 0.917. The molecule has 1 heterocycles. The van der Waals surface area contributed by atoms with Crippen molar-refractivity contribution in [3.05, 3.63) is 41.1 Å². The highest BCUT2D eigenvalue weighted by molar-refractivity contribution is 6.31. The molecule has 1 unspecified atom stereocenters. The highest BCUT2D eigenvalue weighted by atomic mass is 35.5. The van der Waals surface area contributed by atoms with Crippen LogP contribution in [0.2, 0.25) is 5.02 Å². The van der Waals surface area contributed by atoms with E-state index in [1.165, 1.54) is 5.57 Å². The van der Waals surface area contributed by atoms with Crippen molar-refractivity contribution in [2.75, 3.05) is 0 Å². The van der Waals surface area contributed by atoms with E-state index >= 15 is 0 Å². The zero-order valence-corrected chi connectivity index (χ0v) is 12.0. The van der Waals surface area contributed by atoms with E-state index in [9.17, 15) is 0 Å². The summed E-state index contributed by atoms with van der Waals surface area (Å²) in [7, 11) is 0. The molecule has 3 rings (SSSR count). The molecule has 0 aliphatic heterocycles. The Morgan fingerprint density at radius 2 is 2.11 bits per heavy atom. The quantitative estimate of drug-likeness (QED) is 0.825. The monoisotopic (exact) mass is 275 g/mol. The highest BCUT2D eigenvalue weighted by Gasteiger charge is 2.28. The number of allylic oxidation sites excluding steroid dienone is 1. The highest BCUT2D eigenvalue weighted by Crippen LogP contribution is 2.40. The van der Waals surface area contributed by atoms with Crippen molar-refractivity contribution in [2.45, 2.75) is 32.7 Å². The van der Waals surface area contributed by atoms with Crippen LogP contribution in [0.25, 0.3) is 16.5 Å². The number of halogens is 1. The molecule has 0 bridgehead atoms. The average molecular weight is 276 g/mol. The molecule has 100 valence electrons. The van der Waals surface area contributed by atoms with Gasteiger partial charge in [0.2, 0.25) is 0 Å². The molecule has 0 saturated carbocycles. The number of rotatable bonds is 1. The van der Waals surface area contributed by atoms with Gasteiger partial charge in [-0.05, 0) is 48.1 Å². The minimum absolute atomic E-state index is 0.107. The Kier molecular flexibility index (Phi) is 2.95. The van der Waals surface area contributed by atoms with Crippen molar-refractivity contribution in [3.63, 3.8) is 0 Å². The summed E-state index contributed by atoms with van der Waals surface area (Å²) in [5.41, 5.74) is 8.42. The molecule has 2 N–H and O–H groups in total. The van der Waals surface area contributed by atoms with Crippen molar-refractivity contribution in [1.82, 2.24) is 0 Å². The van der Waals surface area contributed by atoms with E-state index in [1.54, 1.807) is 0 Å². The van der Waals surface area contributed by atoms with Crippen LogP contribution in [0.1, 0.15) is 32.4 Å². The van der Waals surface area contributed by atoms with Gasteiger partial charge in [-0.3, -0.25) is 0 Å². The van der Waals surface area contributed by atoms with Crippen molar-refractivity contribution >= 4 is 28.1 Å². The maximum atomic E-state index is 6.12. The molecular weight excluding hydrogens is 258 g/mol. The van der Waals surface area contributed by atoms with Crippen LogP contribution in [0.4, 0.5) is 0 Å². The van der Waals surface area contributed by atoms with E-state index in [-0.39, 0.29) is 11.5 Å². The molecule has 0 radical (unpaired) electrons. The Hall–Kier alpha value is -1.25. The van der Waals surface area contributed by atoms with Gasteiger partial charge in [0.05, 0.1) is 0 Å². The maximum absolute atomic E-state index is 6.12.